The molecule has 132 valence electrons. The number of carbonyl (C=O) groups excluding carboxylic acids is 3. The molecule has 0 spiro atoms. The van der Waals surface area contributed by atoms with Crippen LogP contribution in [0.4, 0.5) is 5.00 Å². The number of aromatic nitrogens is 1. The Morgan fingerprint density at radius 3 is 2.80 bits per heavy atom. The minimum atomic E-state index is -1.07. The average molecular weight is 363 g/mol. The number of amides is 2. The van der Waals surface area contributed by atoms with Crippen LogP contribution in [0.5, 0.6) is 0 Å². The van der Waals surface area contributed by atoms with E-state index in [0.717, 1.165) is 29.7 Å². The number of aryl methyl sites for hydroxylation is 2. The highest BCUT2D eigenvalue weighted by molar-refractivity contribution is 7.17. The summed E-state index contributed by atoms with van der Waals surface area (Å²) in [6.07, 6.45) is 1.54. The molecule has 0 unspecified atom stereocenters. The van der Waals surface area contributed by atoms with Crippen LogP contribution in [0.3, 0.4) is 0 Å². The quantitative estimate of drug-likeness (QED) is 0.781. The number of ether oxygens (including phenoxy) is 1. The number of primary amides is 1. The van der Waals surface area contributed by atoms with Crippen LogP contribution in [-0.2, 0) is 22.4 Å². The molecular weight excluding hydrogens is 346 g/mol. The second-order valence-corrected chi connectivity index (χ2v) is 6.90. The number of fused-ring (bicyclic) bond motifs is 1. The van der Waals surface area contributed by atoms with Crippen molar-refractivity contribution in [3.63, 3.8) is 0 Å². The number of rotatable bonds is 5. The van der Waals surface area contributed by atoms with Crippen molar-refractivity contribution in [1.82, 2.24) is 5.16 Å². The first-order valence-corrected chi connectivity index (χ1v) is 8.58. The molecule has 0 bridgehead atoms. The van der Waals surface area contributed by atoms with Gasteiger partial charge in [0.15, 0.2) is 6.10 Å². The molecule has 2 aromatic heterocycles. The van der Waals surface area contributed by atoms with Gasteiger partial charge in [0.1, 0.15) is 5.00 Å². The van der Waals surface area contributed by atoms with Crippen LogP contribution < -0.4 is 11.1 Å². The molecule has 1 atom stereocenters. The highest BCUT2D eigenvalue weighted by Crippen LogP contribution is 2.38. The predicted molar refractivity (Wildman–Crippen MR) is 89.6 cm³/mol. The highest BCUT2D eigenvalue weighted by atomic mass is 32.1. The van der Waals surface area contributed by atoms with Crippen molar-refractivity contribution in [3.8, 4) is 0 Å². The van der Waals surface area contributed by atoms with E-state index in [1.54, 1.807) is 6.92 Å². The monoisotopic (exact) mass is 363 g/mol. The van der Waals surface area contributed by atoms with E-state index in [2.05, 4.69) is 10.5 Å². The van der Waals surface area contributed by atoms with Crippen molar-refractivity contribution in [2.75, 3.05) is 5.32 Å². The molecule has 0 aliphatic heterocycles. The standard InChI is InChI=1S/C16H17N3O5S/c1-7-6-10(24-19-7)16(22)23-8(2)14(21)18-15-12(13(17)20)9-4-3-5-11(9)25-15/h6,8H,3-5H2,1-2H3,(H2,17,20)(H,18,21)/t8-/m1/s1. The van der Waals surface area contributed by atoms with Gasteiger partial charge < -0.3 is 20.3 Å². The number of anilines is 1. The molecule has 1 aliphatic carbocycles. The lowest BCUT2D eigenvalue weighted by Crippen LogP contribution is -2.30. The minimum Gasteiger partial charge on any atom is -0.447 e. The summed E-state index contributed by atoms with van der Waals surface area (Å²) < 4.78 is 9.87. The number of thiophene rings is 1. The topological polar surface area (TPSA) is 125 Å². The molecule has 0 saturated carbocycles. The maximum atomic E-state index is 12.3. The maximum absolute atomic E-state index is 12.3. The van der Waals surface area contributed by atoms with E-state index in [0.29, 0.717) is 16.3 Å². The summed E-state index contributed by atoms with van der Waals surface area (Å²) in [6, 6.07) is 1.42. The minimum absolute atomic E-state index is 0.0786. The van der Waals surface area contributed by atoms with E-state index < -0.39 is 23.9 Å². The number of nitrogens with one attached hydrogen (secondary N) is 1. The molecule has 3 rings (SSSR count). The van der Waals surface area contributed by atoms with E-state index in [-0.39, 0.29) is 5.76 Å². The summed E-state index contributed by atoms with van der Waals surface area (Å²) in [4.78, 5) is 37.0. The van der Waals surface area contributed by atoms with Crippen LogP contribution in [0, 0.1) is 6.92 Å². The maximum Gasteiger partial charge on any atom is 0.377 e. The third kappa shape index (κ3) is 3.41. The first-order valence-electron chi connectivity index (χ1n) is 7.76. The molecule has 25 heavy (non-hydrogen) atoms. The zero-order valence-corrected chi connectivity index (χ0v) is 14.6. The third-order valence-corrected chi connectivity index (χ3v) is 5.09. The van der Waals surface area contributed by atoms with Gasteiger partial charge in [0, 0.05) is 10.9 Å². The number of nitrogens with two attached hydrogens (primary N) is 1. The van der Waals surface area contributed by atoms with Crippen LogP contribution in [0.25, 0.3) is 0 Å². The summed E-state index contributed by atoms with van der Waals surface area (Å²) in [6.45, 7) is 3.10. The van der Waals surface area contributed by atoms with Crippen molar-refractivity contribution < 1.29 is 23.6 Å². The van der Waals surface area contributed by atoms with Gasteiger partial charge in [-0.1, -0.05) is 5.16 Å². The lowest BCUT2D eigenvalue weighted by Gasteiger charge is -2.12. The Morgan fingerprint density at radius 1 is 1.40 bits per heavy atom. The lowest BCUT2D eigenvalue weighted by atomic mass is 10.1. The fourth-order valence-corrected chi connectivity index (χ4v) is 4.00. The number of carbonyl (C=O) groups is 3. The van der Waals surface area contributed by atoms with Crippen LogP contribution in [-0.4, -0.2) is 29.0 Å². The van der Waals surface area contributed by atoms with Crippen LogP contribution in [0.1, 0.15) is 50.4 Å². The number of hydrogen-bond acceptors (Lipinski definition) is 7. The molecule has 8 nitrogen and oxygen atoms in total. The smallest absolute Gasteiger partial charge is 0.377 e. The number of nitrogens with zero attached hydrogens (tertiary/aromatic N) is 1. The summed E-state index contributed by atoms with van der Waals surface area (Å²) in [5, 5.41) is 6.63. The summed E-state index contributed by atoms with van der Waals surface area (Å²) in [7, 11) is 0. The van der Waals surface area contributed by atoms with Gasteiger partial charge in [-0.25, -0.2) is 4.79 Å². The van der Waals surface area contributed by atoms with Gasteiger partial charge in [0.05, 0.1) is 11.3 Å². The predicted octanol–water partition coefficient (Wildman–Crippen LogP) is 1.82. The first kappa shape index (κ1) is 17.2. The van der Waals surface area contributed by atoms with Crippen molar-refractivity contribution in [2.24, 2.45) is 5.73 Å². The Bertz CT molecular complexity index is 854. The fourth-order valence-electron chi connectivity index (χ4n) is 2.70. The van der Waals surface area contributed by atoms with Gasteiger partial charge in [-0.15, -0.1) is 11.3 Å². The number of hydrogen-bond donors (Lipinski definition) is 2. The Kier molecular flexibility index (Phi) is 4.58. The van der Waals surface area contributed by atoms with E-state index in [4.69, 9.17) is 15.0 Å². The SMILES string of the molecule is Cc1cc(C(=O)O[C@H](C)C(=O)Nc2sc3c(c2C(N)=O)CCC3)on1. The van der Waals surface area contributed by atoms with Gasteiger partial charge >= 0.3 is 5.97 Å². The van der Waals surface area contributed by atoms with Gasteiger partial charge in [-0.3, -0.25) is 9.59 Å². The Morgan fingerprint density at radius 2 is 2.16 bits per heavy atom. The molecule has 1 aliphatic rings. The van der Waals surface area contributed by atoms with Crippen LogP contribution in [0.15, 0.2) is 10.6 Å². The van der Waals surface area contributed by atoms with Crippen LogP contribution in [0.2, 0.25) is 0 Å². The molecular formula is C16H17N3O5S. The van der Waals surface area contributed by atoms with Crippen LogP contribution >= 0.6 is 11.3 Å². The molecule has 0 aromatic carbocycles. The Labute approximate surface area is 147 Å². The molecule has 2 amide bonds. The van der Waals surface area contributed by atoms with E-state index in [1.807, 2.05) is 0 Å². The molecule has 2 aromatic rings. The van der Waals surface area contributed by atoms with Crippen molar-refractivity contribution in [3.05, 3.63) is 33.5 Å². The van der Waals surface area contributed by atoms with Gasteiger partial charge in [-0.2, -0.15) is 0 Å². The third-order valence-electron chi connectivity index (χ3n) is 3.89. The van der Waals surface area contributed by atoms with Crippen molar-refractivity contribution in [2.45, 2.75) is 39.2 Å². The molecule has 9 heteroatoms. The van der Waals surface area contributed by atoms with E-state index >= 15 is 0 Å². The van der Waals surface area contributed by atoms with Gasteiger partial charge in [0.2, 0.25) is 5.76 Å². The van der Waals surface area contributed by atoms with Crippen molar-refractivity contribution in [1.29, 1.82) is 0 Å². The molecule has 0 fully saturated rings. The van der Waals surface area contributed by atoms with E-state index in [1.165, 1.54) is 24.3 Å². The molecule has 2 heterocycles. The summed E-state index contributed by atoms with van der Waals surface area (Å²) in [5.74, 6) is -1.99. The first-order chi connectivity index (χ1) is 11.9. The zero-order chi connectivity index (χ0) is 18.1. The summed E-state index contributed by atoms with van der Waals surface area (Å²) >= 11 is 1.34. The second-order valence-electron chi connectivity index (χ2n) is 5.80. The molecule has 0 saturated heterocycles. The van der Waals surface area contributed by atoms with E-state index in [9.17, 15) is 14.4 Å². The second kappa shape index (κ2) is 6.67. The van der Waals surface area contributed by atoms with Crippen molar-refractivity contribution >= 4 is 34.1 Å². The largest absolute Gasteiger partial charge is 0.447 e. The highest BCUT2D eigenvalue weighted by Gasteiger charge is 2.28. The molecule has 3 N–H and O–H groups in total. The van der Waals surface area contributed by atoms with Gasteiger partial charge in [0.25, 0.3) is 11.8 Å². The fraction of sp³-hybridized carbons (Fsp3) is 0.375. The average Bonchev–Trinajstić information content (AvgIpc) is 3.22. The summed E-state index contributed by atoms with van der Waals surface area (Å²) in [5.41, 5.74) is 7.25. The van der Waals surface area contributed by atoms with Gasteiger partial charge in [-0.05, 0) is 38.7 Å². The Hall–Kier alpha value is -2.68. The lowest BCUT2D eigenvalue weighted by molar-refractivity contribution is -0.123. The normalized spacial score (nSPS) is 14.0. The number of esters is 1. The molecule has 0 radical (unpaired) electrons. The zero-order valence-electron chi connectivity index (χ0n) is 13.8. The Balaban J connectivity index is 1.70.